The number of thiophene rings is 1. The van der Waals surface area contributed by atoms with Crippen molar-refractivity contribution in [3.05, 3.63) is 27.8 Å². The highest BCUT2D eigenvalue weighted by Gasteiger charge is 2.05. The predicted octanol–water partition coefficient (Wildman–Crippen LogP) is 2.16. The van der Waals surface area contributed by atoms with Crippen molar-refractivity contribution in [1.82, 2.24) is 15.5 Å². The van der Waals surface area contributed by atoms with Crippen molar-refractivity contribution in [3.63, 3.8) is 0 Å². The quantitative estimate of drug-likeness (QED) is 0.825. The lowest BCUT2D eigenvalue weighted by molar-refractivity contribution is 0.481. The average Bonchev–Trinajstić information content (AvgIpc) is 2.93. The van der Waals surface area contributed by atoms with E-state index < -0.39 is 0 Å². The largest absolute Gasteiger partial charge is 0.407 e. The van der Waals surface area contributed by atoms with Gasteiger partial charge in [-0.15, -0.1) is 5.10 Å². The van der Waals surface area contributed by atoms with Gasteiger partial charge in [0.2, 0.25) is 5.89 Å². The van der Waals surface area contributed by atoms with Crippen molar-refractivity contribution in [1.29, 1.82) is 0 Å². The van der Waals surface area contributed by atoms with Crippen LogP contribution in [0.15, 0.2) is 15.2 Å². The molecule has 0 aliphatic carbocycles. The van der Waals surface area contributed by atoms with E-state index >= 15 is 0 Å². The van der Waals surface area contributed by atoms with Gasteiger partial charge in [0.1, 0.15) is 0 Å². The van der Waals surface area contributed by atoms with Crippen molar-refractivity contribution in [2.24, 2.45) is 0 Å². The highest BCUT2D eigenvalue weighted by Crippen LogP contribution is 2.15. The van der Waals surface area contributed by atoms with Crippen molar-refractivity contribution >= 4 is 17.4 Å². The second kappa shape index (κ2) is 5.79. The van der Waals surface area contributed by atoms with Crippen LogP contribution in [0.2, 0.25) is 0 Å². The molecule has 6 heteroatoms. The number of aromatic nitrogens is 2. The molecule has 0 aliphatic rings. The van der Waals surface area contributed by atoms with E-state index in [0.717, 1.165) is 13.1 Å². The smallest absolute Gasteiger partial charge is 0.315 e. The summed E-state index contributed by atoms with van der Waals surface area (Å²) in [6.07, 6.45) is 0. The lowest BCUT2D eigenvalue weighted by Crippen LogP contribution is -2.11. The highest BCUT2D eigenvalue weighted by atomic mass is 32.1. The van der Waals surface area contributed by atoms with Crippen LogP contribution < -0.4 is 10.6 Å². The van der Waals surface area contributed by atoms with Gasteiger partial charge in [-0.3, -0.25) is 0 Å². The molecule has 2 aromatic heterocycles. The monoisotopic (exact) mass is 252 g/mol. The molecule has 0 amide bonds. The normalized spacial score (nSPS) is 10.7. The Labute approximate surface area is 104 Å². The molecule has 2 heterocycles. The lowest BCUT2D eigenvalue weighted by Gasteiger charge is -2.00. The summed E-state index contributed by atoms with van der Waals surface area (Å²) in [5.41, 5.74) is 2.55. The number of aryl methyl sites for hydroxylation is 1. The fourth-order valence-electron chi connectivity index (χ4n) is 1.37. The molecular formula is C11H16N4OS. The molecule has 0 saturated heterocycles. The van der Waals surface area contributed by atoms with Crippen LogP contribution in [-0.4, -0.2) is 16.7 Å². The molecular weight excluding hydrogens is 236 g/mol. The first kappa shape index (κ1) is 12.1. The molecule has 0 unspecified atom stereocenters. The van der Waals surface area contributed by atoms with E-state index in [4.69, 9.17) is 4.42 Å². The summed E-state index contributed by atoms with van der Waals surface area (Å²) < 4.78 is 5.43. The van der Waals surface area contributed by atoms with Gasteiger partial charge in [0.15, 0.2) is 0 Å². The molecule has 0 aliphatic heterocycles. The van der Waals surface area contributed by atoms with Crippen LogP contribution in [0, 0.1) is 6.92 Å². The molecule has 2 N–H and O–H groups in total. The minimum absolute atomic E-state index is 0.475. The van der Waals surface area contributed by atoms with Gasteiger partial charge in [-0.05, 0) is 35.4 Å². The first-order valence-electron chi connectivity index (χ1n) is 5.58. The zero-order valence-electron chi connectivity index (χ0n) is 9.99. The van der Waals surface area contributed by atoms with Gasteiger partial charge in [-0.1, -0.05) is 12.0 Å². The maximum atomic E-state index is 5.43. The molecule has 17 heavy (non-hydrogen) atoms. The minimum atomic E-state index is 0.475. The third-order valence-corrected chi connectivity index (χ3v) is 3.30. The Bertz CT molecular complexity index is 465. The van der Waals surface area contributed by atoms with Gasteiger partial charge in [-0.25, -0.2) is 0 Å². The molecule has 0 aromatic carbocycles. The summed E-state index contributed by atoms with van der Waals surface area (Å²) in [5, 5.41) is 18.4. The Morgan fingerprint density at radius 2 is 2.18 bits per heavy atom. The first-order valence-corrected chi connectivity index (χ1v) is 6.52. The third kappa shape index (κ3) is 3.28. The maximum Gasteiger partial charge on any atom is 0.315 e. The van der Waals surface area contributed by atoms with Crippen LogP contribution >= 0.6 is 11.3 Å². The first-order chi connectivity index (χ1) is 8.29. The van der Waals surface area contributed by atoms with Crippen molar-refractivity contribution in [2.75, 3.05) is 11.9 Å². The fraction of sp³-hybridized carbons (Fsp3) is 0.455. The number of nitrogens with zero attached hydrogens (tertiary/aromatic N) is 2. The minimum Gasteiger partial charge on any atom is -0.407 e. The van der Waals surface area contributed by atoms with Crippen LogP contribution in [0.4, 0.5) is 6.01 Å². The molecule has 0 saturated carbocycles. The van der Waals surface area contributed by atoms with Crippen molar-refractivity contribution < 1.29 is 4.42 Å². The van der Waals surface area contributed by atoms with E-state index in [-0.39, 0.29) is 0 Å². The van der Waals surface area contributed by atoms with E-state index in [1.165, 1.54) is 11.1 Å². The standard InChI is InChI=1S/C11H16N4OS/c1-3-12-5-10-14-15-11(16-10)13-4-9-7-17-6-8(9)2/h6-7,12H,3-5H2,1-2H3,(H,13,15). The van der Waals surface area contributed by atoms with E-state index in [1.54, 1.807) is 11.3 Å². The zero-order valence-corrected chi connectivity index (χ0v) is 10.8. The molecule has 2 rings (SSSR count). The Kier molecular flexibility index (Phi) is 4.11. The molecule has 0 bridgehead atoms. The zero-order chi connectivity index (χ0) is 12.1. The second-order valence-corrected chi connectivity index (χ2v) is 4.46. The molecule has 92 valence electrons. The molecule has 0 radical (unpaired) electrons. The summed E-state index contributed by atoms with van der Waals surface area (Å²) in [5.74, 6) is 0.608. The summed E-state index contributed by atoms with van der Waals surface area (Å²) >= 11 is 1.70. The van der Waals surface area contributed by atoms with Gasteiger partial charge in [0, 0.05) is 6.54 Å². The average molecular weight is 252 g/mol. The molecule has 0 fully saturated rings. The van der Waals surface area contributed by atoms with Crippen molar-refractivity contribution in [3.8, 4) is 0 Å². The Balaban J connectivity index is 1.87. The summed E-state index contributed by atoms with van der Waals surface area (Å²) in [7, 11) is 0. The van der Waals surface area contributed by atoms with Crippen LogP contribution in [0.5, 0.6) is 0 Å². The molecule has 5 nitrogen and oxygen atoms in total. The number of rotatable bonds is 6. The summed E-state index contributed by atoms with van der Waals surface area (Å²) in [6, 6.07) is 0.475. The number of anilines is 1. The van der Waals surface area contributed by atoms with Crippen LogP contribution in [0.3, 0.4) is 0 Å². The lowest BCUT2D eigenvalue weighted by atomic mass is 10.2. The van der Waals surface area contributed by atoms with Gasteiger partial charge < -0.3 is 15.1 Å². The van der Waals surface area contributed by atoms with Gasteiger partial charge in [0.05, 0.1) is 6.54 Å². The number of hydrogen-bond acceptors (Lipinski definition) is 6. The Morgan fingerprint density at radius 3 is 2.88 bits per heavy atom. The highest BCUT2D eigenvalue weighted by molar-refractivity contribution is 7.08. The van der Waals surface area contributed by atoms with E-state index in [0.29, 0.717) is 18.5 Å². The Hall–Kier alpha value is -1.40. The predicted molar refractivity (Wildman–Crippen MR) is 68.1 cm³/mol. The second-order valence-electron chi connectivity index (χ2n) is 3.71. The molecule has 0 atom stereocenters. The molecule has 0 spiro atoms. The third-order valence-electron chi connectivity index (χ3n) is 2.38. The van der Waals surface area contributed by atoms with Crippen LogP contribution in [-0.2, 0) is 13.1 Å². The maximum absolute atomic E-state index is 5.43. The SMILES string of the molecule is CCNCc1nnc(NCc2cscc2C)o1. The van der Waals surface area contributed by atoms with Gasteiger partial charge in [-0.2, -0.15) is 11.3 Å². The van der Waals surface area contributed by atoms with Crippen molar-refractivity contribution in [2.45, 2.75) is 26.9 Å². The van der Waals surface area contributed by atoms with Gasteiger partial charge >= 0.3 is 6.01 Å². The van der Waals surface area contributed by atoms with E-state index in [9.17, 15) is 0 Å². The van der Waals surface area contributed by atoms with Crippen LogP contribution in [0.1, 0.15) is 23.9 Å². The van der Waals surface area contributed by atoms with E-state index in [2.05, 4.69) is 38.5 Å². The summed E-state index contributed by atoms with van der Waals surface area (Å²) in [6.45, 7) is 6.35. The fourth-order valence-corrected chi connectivity index (χ4v) is 2.22. The molecule has 2 aromatic rings. The van der Waals surface area contributed by atoms with Crippen LogP contribution in [0.25, 0.3) is 0 Å². The topological polar surface area (TPSA) is 63.0 Å². The summed E-state index contributed by atoms with van der Waals surface area (Å²) in [4.78, 5) is 0. The number of hydrogen-bond donors (Lipinski definition) is 2. The van der Waals surface area contributed by atoms with Gasteiger partial charge in [0.25, 0.3) is 0 Å². The Morgan fingerprint density at radius 1 is 1.29 bits per heavy atom. The van der Waals surface area contributed by atoms with E-state index in [1.807, 2.05) is 6.92 Å². The number of nitrogens with one attached hydrogen (secondary N) is 2.